The van der Waals surface area contributed by atoms with E-state index in [2.05, 4.69) is 15.0 Å². The second kappa shape index (κ2) is 7.98. The van der Waals surface area contributed by atoms with Gasteiger partial charge in [0.1, 0.15) is 11.8 Å². The SMILES string of the molecule is C[C@H](Cn1cnc2c(N)ncnc21)OCO[P+](=O)Oc1ccccc1. The van der Waals surface area contributed by atoms with E-state index in [4.69, 9.17) is 19.5 Å². The van der Waals surface area contributed by atoms with Crippen molar-refractivity contribution in [3.63, 3.8) is 0 Å². The third-order valence-corrected chi connectivity index (χ3v) is 3.99. The van der Waals surface area contributed by atoms with Crippen LogP contribution in [0.4, 0.5) is 5.82 Å². The maximum atomic E-state index is 11.7. The zero-order chi connectivity index (χ0) is 17.6. The van der Waals surface area contributed by atoms with Crippen molar-refractivity contribution in [1.29, 1.82) is 0 Å². The Labute approximate surface area is 144 Å². The van der Waals surface area contributed by atoms with Crippen LogP contribution < -0.4 is 10.3 Å². The highest BCUT2D eigenvalue weighted by Gasteiger charge is 2.22. The molecule has 2 heterocycles. The van der Waals surface area contributed by atoms with Crippen LogP contribution >= 0.6 is 8.25 Å². The summed E-state index contributed by atoms with van der Waals surface area (Å²) < 4.78 is 29.2. The van der Waals surface area contributed by atoms with E-state index in [0.29, 0.717) is 29.3 Å². The van der Waals surface area contributed by atoms with Gasteiger partial charge in [0.2, 0.25) is 6.79 Å². The summed E-state index contributed by atoms with van der Waals surface area (Å²) in [5.74, 6) is 0.800. The molecule has 0 spiro atoms. The van der Waals surface area contributed by atoms with Gasteiger partial charge >= 0.3 is 8.25 Å². The van der Waals surface area contributed by atoms with Gasteiger partial charge in [-0.3, -0.25) is 0 Å². The molecule has 0 aliphatic rings. The van der Waals surface area contributed by atoms with Gasteiger partial charge in [-0.2, -0.15) is 0 Å². The molecule has 0 amide bonds. The standard InChI is InChI=1S/C15H17N5O4P/c1-11(7-20-9-19-13-14(16)17-8-18-15(13)20)22-10-23-25(21)24-12-5-3-2-4-6-12/h2-6,8-9,11H,7,10H2,1H3,(H2,16,17,18)/q+1/t11-/m1/s1. The van der Waals surface area contributed by atoms with E-state index in [9.17, 15) is 4.57 Å². The molecule has 0 aliphatic heterocycles. The molecule has 10 heteroatoms. The van der Waals surface area contributed by atoms with Crippen molar-refractivity contribution in [2.45, 2.75) is 19.6 Å². The number of anilines is 1. The van der Waals surface area contributed by atoms with Gasteiger partial charge in [-0.1, -0.05) is 22.7 Å². The molecule has 9 nitrogen and oxygen atoms in total. The van der Waals surface area contributed by atoms with E-state index in [1.165, 1.54) is 6.33 Å². The first kappa shape index (κ1) is 17.2. The van der Waals surface area contributed by atoms with Crippen LogP contribution in [0.3, 0.4) is 0 Å². The van der Waals surface area contributed by atoms with Crippen LogP contribution in [0.2, 0.25) is 0 Å². The molecule has 0 aliphatic carbocycles. The fourth-order valence-electron chi connectivity index (χ4n) is 2.15. The highest BCUT2D eigenvalue weighted by atomic mass is 31.1. The highest BCUT2D eigenvalue weighted by Crippen LogP contribution is 2.27. The largest absolute Gasteiger partial charge is 0.752 e. The van der Waals surface area contributed by atoms with Crippen molar-refractivity contribution in [2.24, 2.45) is 0 Å². The van der Waals surface area contributed by atoms with Crippen LogP contribution in [0.1, 0.15) is 6.92 Å². The van der Waals surface area contributed by atoms with Crippen LogP contribution in [0.15, 0.2) is 43.0 Å². The molecule has 0 saturated carbocycles. The van der Waals surface area contributed by atoms with Crippen LogP contribution in [0.5, 0.6) is 5.75 Å². The summed E-state index contributed by atoms with van der Waals surface area (Å²) in [5, 5.41) is 0. The van der Waals surface area contributed by atoms with Crippen LogP contribution in [-0.2, 0) is 20.4 Å². The van der Waals surface area contributed by atoms with Crippen LogP contribution in [0, 0.1) is 0 Å². The zero-order valence-corrected chi connectivity index (χ0v) is 14.4. The topological polar surface area (TPSA) is 114 Å². The van der Waals surface area contributed by atoms with E-state index in [-0.39, 0.29) is 12.9 Å². The molecule has 1 aromatic carbocycles. The Balaban J connectivity index is 1.47. The van der Waals surface area contributed by atoms with Gasteiger partial charge in [-0.25, -0.2) is 19.5 Å². The van der Waals surface area contributed by atoms with Gasteiger partial charge in [0.05, 0.1) is 19.0 Å². The van der Waals surface area contributed by atoms with Gasteiger partial charge < -0.3 is 15.0 Å². The lowest BCUT2D eigenvalue weighted by Gasteiger charge is -2.11. The maximum Gasteiger partial charge on any atom is 0.752 e. The predicted octanol–water partition coefficient (Wildman–Crippen LogP) is 2.52. The second-order valence-corrected chi connectivity index (χ2v) is 6.07. The zero-order valence-electron chi connectivity index (χ0n) is 13.5. The number of aromatic nitrogens is 4. The first-order chi connectivity index (χ1) is 12.1. The number of nitrogen functional groups attached to an aromatic ring is 1. The quantitative estimate of drug-likeness (QED) is 0.480. The van der Waals surface area contributed by atoms with Crippen molar-refractivity contribution < 1.29 is 18.3 Å². The van der Waals surface area contributed by atoms with Crippen molar-refractivity contribution in [2.75, 3.05) is 12.5 Å². The molecular weight excluding hydrogens is 345 g/mol. The summed E-state index contributed by atoms with van der Waals surface area (Å²) in [6, 6.07) is 8.78. The highest BCUT2D eigenvalue weighted by molar-refractivity contribution is 7.33. The lowest BCUT2D eigenvalue weighted by Crippen LogP contribution is -2.17. The fraction of sp³-hybridized carbons (Fsp3) is 0.267. The first-order valence-corrected chi connectivity index (χ1v) is 8.59. The minimum Gasteiger partial charge on any atom is -0.382 e. The minimum absolute atomic E-state index is 0.160. The molecular formula is C15H17N5O4P+. The predicted molar refractivity (Wildman–Crippen MR) is 90.9 cm³/mol. The van der Waals surface area contributed by atoms with Gasteiger partial charge in [-0.15, -0.1) is 0 Å². The molecule has 3 rings (SSSR count). The fourth-order valence-corrected chi connectivity index (χ4v) is 2.64. The molecule has 1 unspecified atom stereocenters. The number of para-hydroxylation sites is 1. The van der Waals surface area contributed by atoms with Crippen molar-refractivity contribution in [1.82, 2.24) is 19.5 Å². The molecule has 0 fully saturated rings. The number of imidazole rings is 1. The van der Waals surface area contributed by atoms with Crippen molar-refractivity contribution >= 4 is 25.2 Å². The van der Waals surface area contributed by atoms with E-state index in [1.807, 2.05) is 13.0 Å². The lowest BCUT2D eigenvalue weighted by molar-refractivity contribution is -0.0340. The van der Waals surface area contributed by atoms with E-state index in [1.54, 1.807) is 35.2 Å². The number of hydrogen-bond acceptors (Lipinski definition) is 8. The Morgan fingerprint density at radius 3 is 2.84 bits per heavy atom. The number of nitrogens with two attached hydrogens (primary N) is 1. The Morgan fingerprint density at radius 1 is 1.24 bits per heavy atom. The minimum atomic E-state index is -2.30. The number of ether oxygens (including phenoxy) is 1. The summed E-state index contributed by atoms with van der Waals surface area (Å²) in [5.41, 5.74) is 6.93. The van der Waals surface area contributed by atoms with Crippen molar-refractivity contribution in [3.8, 4) is 5.75 Å². The summed E-state index contributed by atoms with van der Waals surface area (Å²) in [6.07, 6.45) is 2.78. The normalized spacial score (nSPS) is 12.9. The average molecular weight is 362 g/mol. The Morgan fingerprint density at radius 2 is 2.04 bits per heavy atom. The summed E-state index contributed by atoms with van der Waals surface area (Å²) in [7, 11) is -2.30. The van der Waals surface area contributed by atoms with E-state index >= 15 is 0 Å². The molecule has 0 saturated heterocycles. The lowest BCUT2D eigenvalue weighted by atomic mass is 10.3. The van der Waals surface area contributed by atoms with Gasteiger partial charge in [0.25, 0.3) is 0 Å². The Bertz CT molecular complexity index is 858. The third kappa shape index (κ3) is 4.48. The van der Waals surface area contributed by atoms with Crippen LogP contribution in [-0.4, -0.2) is 32.4 Å². The van der Waals surface area contributed by atoms with Crippen LogP contribution in [0.25, 0.3) is 11.2 Å². The summed E-state index contributed by atoms with van der Waals surface area (Å²) in [4.78, 5) is 12.2. The van der Waals surface area contributed by atoms with Gasteiger partial charge in [0, 0.05) is 4.57 Å². The Hall–Kier alpha value is -2.61. The molecule has 2 atom stereocenters. The summed E-state index contributed by atoms with van der Waals surface area (Å²) >= 11 is 0. The molecule has 130 valence electrons. The van der Waals surface area contributed by atoms with E-state index < -0.39 is 8.25 Å². The molecule has 25 heavy (non-hydrogen) atoms. The number of nitrogens with zero attached hydrogens (tertiary/aromatic N) is 4. The maximum absolute atomic E-state index is 11.7. The van der Waals surface area contributed by atoms with Gasteiger partial charge in [-0.05, 0) is 19.1 Å². The van der Waals surface area contributed by atoms with Gasteiger partial charge in [0.15, 0.2) is 17.2 Å². The average Bonchev–Trinajstić information content (AvgIpc) is 3.00. The molecule has 3 aromatic rings. The monoisotopic (exact) mass is 362 g/mol. The molecule has 0 radical (unpaired) electrons. The number of hydrogen-bond donors (Lipinski definition) is 1. The number of fused-ring (bicyclic) bond motifs is 1. The molecule has 2 N–H and O–H groups in total. The molecule has 0 bridgehead atoms. The first-order valence-electron chi connectivity index (χ1n) is 7.49. The third-order valence-electron chi connectivity index (χ3n) is 3.32. The number of benzene rings is 1. The van der Waals surface area contributed by atoms with Crippen molar-refractivity contribution in [3.05, 3.63) is 43.0 Å². The number of rotatable bonds is 8. The Kier molecular flexibility index (Phi) is 5.49. The van der Waals surface area contributed by atoms with E-state index in [0.717, 1.165) is 0 Å². The second-order valence-electron chi connectivity index (χ2n) is 5.18. The summed E-state index contributed by atoms with van der Waals surface area (Å²) in [6.45, 7) is 2.17. The molecule has 2 aromatic heterocycles. The smallest absolute Gasteiger partial charge is 0.382 e.